The molecule has 0 bridgehead atoms. The number of carbonyl (C=O) groups excluding carboxylic acids is 2. The number of nitrogens with one attached hydrogen (secondary N) is 1. The number of ether oxygens (including phenoxy) is 1. The standard InChI is InChI=1S/C20H24N2O4/c1-3-19(18(21)25)9-14(17(24)22-2)16-15(10-19)20(11-23,12-26-16)13-7-5-4-6-8-13/h4-9,23H,3,10-12H2,1-2H3,(H2,21,25)(H,22,24). The van der Waals surface area contributed by atoms with Crippen LogP contribution in [0.15, 0.2) is 53.3 Å². The van der Waals surface area contributed by atoms with Gasteiger partial charge in [0.05, 0.1) is 23.0 Å². The van der Waals surface area contributed by atoms with Crippen LogP contribution in [-0.2, 0) is 19.7 Å². The molecule has 2 atom stereocenters. The molecule has 0 aromatic heterocycles. The van der Waals surface area contributed by atoms with Crippen molar-refractivity contribution in [2.75, 3.05) is 20.3 Å². The number of likely N-dealkylation sites (N-methyl/N-ethyl adjacent to an activating group) is 1. The third kappa shape index (κ3) is 2.52. The normalized spacial score (nSPS) is 27.4. The van der Waals surface area contributed by atoms with Gasteiger partial charge in [-0.25, -0.2) is 0 Å². The maximum atomic E-state index is 12.5. The lowest BCUT2D eigenvalue weighted by Crippen LogP contribution is -2.42. The van der Waals surface area contributed by atoms with Gasteiger partial charge >= 0.3 is 0 Å². The van der Waals surface area contributed by atoms with E-state index >= 15 is 0 Å². The van der Waals surface area contributed by atoms with Crippen molar-refractivity contribution in [3.63, 3.8) is 0 Å². The van der Waals surface area contributed by atoms with Crippen LogP contribution in [0.4, 0.5) is 0 Å². The smallest absolute Gasteiger partial charge is 0.254 e. The summed E-state index contributed by atoms with van der Waals surface area (Å²) < 4.78 is 5.91. The van der Waals surface area contributed by atoms with E-state index in [9.17, 15) is 14.7 Å². The summed E-state index contributed by atoms with van der Waals surface area (Å²) in [5, 5.41) is 12.9. The highest BCUT2D eigenvalue weighted by Crippen LogP contribution is 2.51. The molecule has 138 valence electrons. The molecule has 6 nitrogen and oxygen atoms in total. The van der Waals surface area contributed by atoms with Gasteiger partial charge in [0, 0.05) is 7.05 Å². The first-order valence-corrected chi connectivity index (χ1v) is 8.72. The topological polar surface area (TPSA) is 102 Å². The molecule has 2 amide bonds. The van der Waals surface area contributed by atoms with Gasteiger partial charge in [-0.3, -0.25) is 9.59 Å². The van der Waals surface area contributed by atoms with Gasteiger partial charge in [0.1, 0.15) is 12.4 Å². The fourth-order valence-corrected chi connectivity index (χ4v) is 3.90. The lowest BCUT2D eigenvalue weighted by atomic mass is 9.65. The Morgan fingerprint density at radius 3 is 2.54 bits per heavy atom. The highest BCUT2D eigenvalue weighted by atomic mass is 16.5. The largest absolute Gasteiger partial charge is 0.491 e. The van der Waals surface area contributed by atoms with Crippen LogP contribution in [0.5, 0.6) is 0 Å². The van der Waals surface area contributed by atoms with Crippen molar-refractivity contribution in [2.24, 2.45) is 11.1 Å². The minimum atomic E-state index is -0.983. The second-order valence-corrected chi connectivity index (χ2v) is 6.89. The Bertz CT molecular complexity index is 799. The number of carbonyl (C=O) groups is 2. The number of benzene rings is 1. The van der Waals surface area contributed by atoms with E-state index in [0.29, 0.717) is 24.2 Å². The second kappa shape index (κ2) is 6.61. The molecule has 0 saturated heterocycles. The lowest BCUT2D eigenvalue weighted by molar-refractivity contribution is -0.125. The van der Waals surface area contributed by atoms with Gasteiger partial charge in [-0.1, -0.05) is 43.3 Å². The monoisotopic (exact) mass is 356 g/mol. The summed E-state index contributed by atoms with van der Waals surface area (Å²) in [6.45, 7) is 1.90. The second-order valence-electron chi connectivity index (χ2n) is 6.89. The minimum Gasteiger partial charge on any atom is -0.491 e. The number of nitrogens with two attached hydrogens (primary N) is 1. The number of aliphatic hydroxyl groups is 1. The summed E-state index contributed by atoms with van der Waals surface area (Å²) in [6, 6.07) is 9.53. The summed E-state index contributed by atoms with van der Waals surface area (Å²) in [6.07, 6.45) is 2.41. The van der Waals surface area contributed by atoms with Crippen LogP contribution < -0.4 is 11.1 Å². The Kier molecular flexibility index (Phi) is 4.63. The quantitative estimate of drug-likeness (QED) is 0.737. The van der Waals surface area contributed by atoms with E-state index in [-0.39, 0.29) is 19.1 Å². The molecule has 26 heavy (non-hydrogen) atoms. The summed E-state index contributed by atoms with van der Waals surface area (Å²) >= 11 is 0. The van der Waals surface area contributed by atoms with Gasteiger partial charge in [-0.15, -0.1) is 0 Å². The molecule has 0 radical (unpaired) electrons. The number of hydrogen-bond donors (Lipinski definition) is 3. The van der Waals surface area contributed by atoms with Gasteiger partial charge in [0.15, 0.2) is 0 Å². The molecule has 1 aliphatic heterocycles. The van der Waals surface area contributed by atoms with Gasteiger partial charge in [-0.2, -0.15) is 0 Å². The predicted molar refractivity (Wildman–Crippen MR) is 96.9 cm³/mol. The molecule has 2 aliphatic rings. The molecule has 0 saturated carbocycles. The number of hydrogen-bond acceptors (Lipinski definition) is 4. The Balaban J connectivity index is 2.22. The molecule has 1 aromatic rings. The van der Waals surface area contributed by atoms with E-state index < -0.39 is 16.7 Å². The zero-order chi connectivity index (χ0) is 18.9. The Hall–Kier alpha value is -2.60. The molecular weight excluding hydrogens is 332 g/mol. The van der Waals surface area contributed by atoms with Gasteiger partial charge in [0.2, 0.25) is 5.91 Å². The molecule has 1 aromatic carbocycles. The summed E-state index contributed by atoms with van der Waals surface area (Å²) in [4.78, 5) is 24.8. The van der Waals surface area contributed by atoms with Crippen LogP contribution in [0, 0.1) is 5.41 Å². The van der Waals surface area contributed by atoms with Crippen LogP contribution >= 0.6 is 0 Å². The maximum Gasteiger partial charge on any atom is 0.254 e. The molecular formula is C20H24N2O4. The third-order valence-corrected chi connectivity index (χ3v) is 5.66. The van der Waals surface area contributed by atoms with Crippen molar-refractivity contribution in [2.45, 2.75) is 25.2 Å². The highest BCUT2D eigenvalue weighted by molar-refractivity contribution is 6.00. The lowest BCUT2D eigenvalue weighted by Gasteiger charge is -2.36. The van der Waals surface area contributed by atoms with E-state index in [0.717, 1.165) is 11.1 Å². The van der Waals surface area contributed by atoms with Crippen molar-refractivity contribution in [1.82, 2.24) is 5.32 Å². The van der Waals surface area contributed by atoms with Crippen molar-refractivity contribution in [3.8, 4) is 0 Å². The Morgan fingerprint density at radius 2 is 2.00 bits per heavy atom. The van der Waals surface area contributed by atoms with Gasteiger partial charge in [0.25, 0.3) is 5.91 Å². The summed E-state index contributed by atoms with van der Waals surface area (Å²) in [7, 11) is 1.53. The number of amides is 2. The maximum absolute atomic E-state index is 12.5. The van der Waals surface area contributed by atoms with Crippen LogP contribution in [0.2, 0.25) is 0 Å². The van der Waals surface area contributed by atoms with Gasteiger partial charge in [-0.05, 0) is 24.0 Å². The van der Waals surface area contributed by atoms with Crippen LogP contribution in [0.25, 0.3) is 0 Å². The van der Waals surface area contributed by atoms with Crippen molar-refractivity contribution >= 4 is 11.8 Å². The highest BCUT2D eigenvalue weighted by Gasteiger charge is 2.52. The van der Waals surface area contributed by atoms with Crippen LogP contribution in [0.3, 0.4) is 0 Å². The fraction of sp³-hybridized carbons (Fsp3) is 0.400. The molecule has 0 fully saturated rings. The molecule has 4 N–H and O–H groups in total. The summed E-state index contributed by atoms with van der Waals surface area (Å²) in [5.41, 5.74) is 5.91. The first-order valence-electron chi connectivity index (χ1n) is 8.72. The van der Waals surface area contributed by atoms with Crippen LogP contribution in [-0.4, -0.2) is 37.2 Å². The van der Waals surface area contributed by atoms with Crippen molar-refractivity contribution in [1.29, 1.82) is 0 Å². The SMILES string of the molecule is CCC1(C(N)=O)C=C(C(=O)NC)C2=C(C1)C(CO)(c1ccccc1)CO2. The number of primary amides is 1. The third-order valence-electron chi connectivity index (χ3n) is 5.66. The molecule has 1 aliphatic carbocycles. The molecule has 1 heterocycles. The summed E-state index contributed by atoms with van der Waals surface area (Å²) in [5.74, 6) is -0.370. The zero-order valence-electron chi connectivity index (χ0n) is 15.0. The molecule has 0 spiro atoms. The first-order chi connectivity index (χ1) is 12.4. The van der Waals surface area contributed by atoms with Crippen molar-refractivity contribution in [3.05, 3.63) is 58.9 Å². The Morgan fingerprint density at radius 1 is 1.31 bits per heavy atom. The molecule has 3 rings (SSSR count). The first kappa shape index (κ1) is 18.2. The van der Waals surface area contributed by atoms with E-state index in [4.69, 9.17) is 10.5 Å². The Labute approximate surface area is 152 Å². The predicted octanol–water partition coefficient (Wildman–Crippen LogP) is 1.16. The van der Waals surface area contributed by atoms with Gasteiger partial charge < -0.3 is 20.9 Å². The number of rotatable bonds is 5. The van der Waals surface area contributed by atoms with E-state index in [2.05, 4.69) is 5.32 Å². The van der Waals surface area contributed by atoms with Crippen molar-refractivity contribution < 1.29 is 19.4 Å². The van der Waals surface area contributed by atoms with E-state index in [1.54, 1.807) is 6.08 Å². The molecule has 2 unspecified atom stereocenters. The zero-order valence-corrected chi connectivity index (χ0v) is 15.0. The average molecular weight is 356 g/mol. The fourth-order valence-electron chi connectivity index (χ4n) is 3.90. The minimum absolute atomic E-state index is 0.185. The van der Waals surface area contributed by atoms with Crippen LogP contribution in [0.1, 0.15) is 25.3 Å². The number of aliphatic hydroxyl groups excluding tert-OH is 1. The van der Waals surface area contributed by atoms with E-state index in [1.165, 1.54) is 7.05 Å². The average Bonchev–Trinajstić information content (AvgIpc) is 3.06. The van der Waals surface area contributed by atoms with E-state index in [1.807, 2.05) is 37.3 Å². The molecule has 6 heteroatoms.